The maximum Gasteiger partial charge on any atom is 0.453 e. The summed E-state index contributed by atoms with van der Waals surface area (Å²) in [6.45, 7) is 2.95. The average Bonchev–Trinajstić information content (AvgIpc) is 3.32. The van der Waals surface area contributed by atoms with Crippen LogP contribution in [-0.2, 0) is 21.2 Å². The molecule has 0 saturated carbocycles. The lowest BCUT2D eigenvalue weighted by Crippen LogP contribution is -2.50. The summed E-state index contributed by atoms with van der Waals surface area (Å²) in [4.78, 5) is 17.7. The number of halogens is 5. The lowest BCUT2D eigenvalue weighted by molar-refractivity contribution is -0.284. The van der Waals surface area contributed by atoms with Gasteiger partial charge in [0.2, 0.25) is 10.0 Å². The van der Waals surface area contributed by atoms with Gasteiger partial charge in [-0.2, -0.15) is 22.0 Å². The number of hydrogen-bond donors (Lipinski definition) is 3. The molecule has 2 aliphatic heterocycles. The Bertz CT molecular complexity index is 1550. The van der Waals surface area contributed by atoms with Crippen LogP contribution in [-0.4, -0.2) is 97.1 Å². The normalized spacial score (nSPS) is 17.8. The Morgan fingerprint density at radius 1 is 1.04 bits per heavy atom. The molecule has 260 valence electrons. The molecule has 0 aromatic heterocycles. The van der Waals surface area contributed by atoms with E-state index >= 15 is 0 Å². The minimum absolute atomic E-state index is 0.0768. The van der Waals surface area contributed by atoms with Gasteiger partial charge >= 0.3 is 12.1 Å². The summed E-state index contributed by atoms with van der Waals surface area (Å²) >= 11 is 0. The Hall–Kier alpha value is -3.34. The van der Waals surface area contributed by atoms with Crippen LogP contribution in [0.2, 0.25) is 0 Å². The molecule has 2 heterocycles. The quantitative estimate of drug-likeness (QED) is 0.203. The molecule has 2 aromatic rings. The molecule has 1 spiro atoms. The fourth-order valence-corrected chi connectivity index (χ4v) is 6.98. The highest BCUT2D eigenvalue weighted by atomic mass is 32.2. The zero-order valence-electron chi connectivity index (χ0n) is 25.9. The topological polar surface area (TPSA) is 138 Å². The first kappa shape index (κ1) is 36.5. The van der Waals surface area contributed by atoms with Gasteiger partial charge in [0, 0.05) is 25.1 Å². The van der Waals surface area contributed by atoms with E-state index in [0.29, 0.717) is 11.3 Å². The second-order valence-corrected chi connectivity index (χ2v) is 13.9. The number of benzene rings is 2. The minimum Gasteiger partial charge on any atom is -0.494 e. The number of amidine groups is 1. The number of amides is 1. The number of alkyl halides is 5. The molecule has 2 aromatic carbocycles. The van der Waals surface area contributed by atoms with Gasteiger partial charge in [-0.05, 0) is 80.5 Å². The van der Waals surface area contributed by atoms with Crippen LogP contribution in [0.15, 0.2) is 41.4 Å². The van der Waals surface area contributed by atoms with Gasteiger partial charge in [0.05, 0.1) is 19.0 Å². The maximum atomic E-state index is 13.3. The summed E-state index contributed by atoms with van der Waals surface area (Å²) in [5.74, 6) is -4.41. The number of ether oxygens (including phenoxy) is 2. The highest BCUT2D eigenvalue weighted by Crippen LogP contribution is 2.39. The second kappa shape index (κ2) is 14.4. The third-order valence-electron chi connectivity index (χ3n) is 8.28. The van der Waals surface area contributed by atoms with Crippen molar-refractivity contribution < 1.29 is 54.9 Å². The highest BCUT2D eigenvalue weighted by Gasteiger charge is 2.56. The number of rotatable bonds is 14. The summed E-state index contributed by atoms with van der Waals surface area (Å²) in [7, 11) is -3.68. The van der Waals surface area contributed by atoms with Crippen LogP contribution < -0.4 is 14.8 Å². The van der Waals surface area contributed by atoms with Gasteiger partial charge in [0.15, 0.2) is 0 Å². The van der Waals surface area contributed by atoms with Crippen LogP contribution in [0.1, 0.15) is 47.9 Å². The molecule has 1 saturated heterocycles. The molecule has 1 fully saturated rings. The number of carbonyl (C=O) groups is 1. The number of carbonyl (C=O) groups excluding carboxylic acids is 1. The van der Waals surface area contributed by atoms with E-state index in [4.69, 9.17) is 14.6 Å². The van der Waals surface area contributed by atoms with Crippen molar-refractivity contribution >= 4 is 21.8 Å². The molecule has 10 nitrogen and oxygen atoms in total. The Morgan fingerprint density at radius 3 is 2.32 bits per heavy atom. The molecule has 1 amide bonds. The van der Waals surface area contributed by atoms with E-state index in [0.717, 1.165) is 16.7 Å². The number of sulfonamides is 1. The monoisotopic (exact) mass is 691 g/mol. The number of piperidine rings is 1. The van der Waals surface area contributed by atoms with E-state index in [1.54, 1.807) is 24.3 Å². The number of hydrogen-bond acceptors (Lipinski definition) is 8. The van der Waals surface area contributed by atoms with Crippen LogP contribution in [0.25, 0.3) is 0 Å². The van der Waals surface area contributed by atoms with E-state index in [1.165, 1.54) is 16.4 Å². The molecule has 2 aliphatic rings. The van der Waals surface area contributed by atoms with Crippen molar-refractivity contribution in [2.75, 3.05) is 38.7 Å². The smallest absolute Gasteiger partial charge is 0.453 e. The molecule has 3 N–H and O–H groups in total. The van der Waals surface area contributed by atoms with E-state index in [9.17, 15) is 40.3 Å². The highest BCUT2D eigenvalue weighted by molar-refractivity contribution is 7.89. The van der Waals surface area contributed by atoms with Crippen LogP contribution >= 0.6 is 0 Å². The van der Waals surface area contributed by atoms with Crippen LogP contribution in [0.4, 0.5) is 22.0 Å². The van der Waals surface area contributed by atoms with Crippen molar-refractivity contribution in [1.82, 2.24) is 9.62 Å². The second-order valence-electron chi connectivity index (χ2n) is 11.8. The third-order valence-corrected chi connectivity index (χ3v) is 10.2. The van der Waals surface area contributed by atoms with E-state index in [1.807, 2.05) is 13.8 Å². The Morgan fingerprint density at radius 2 is 1.70 bits per heavy atom. The predicted molar refractivity (Wildman–Crippen MR) is 162 cm³/mol. The van der Waals surface area contributed by atoms with Crippen molar-refractivity contribution in [3.63, 3.8) is 0 Å². The van der Waals surface area contributed by atoms with Crippen molar-refractivity contribution in [2.45, 2.75) is 69.7 Å². The molecule has 16 heteroatoms. The summed E-state index contributed by atoms with van der Waals surface area (Å²) < 4.78 is 102. The molecule has 0 radical (unpaired) electrons. The summed E-state index contributed by atoms with van der Waals surface area (Å²) in [5, 5.41) is 21.2. The third kappa shape index (κ3) is 8.77. The lowest BCUT2D eigenvalue weighted by atomic mass is 9.89. The van der Waals surface area contributed by atoms with Gasteiger partial charge in [-0.3, -0.25) is 9.79 Å². The first-order chi connectivity index (χ1) is 22.0. The summed E-state index contributed by atoms with van der Waals surface area (Å²) in [6.07, 6.45) is -8.02. The number of aliphatic imine (C=N–C) groups is 1. The maximum absolute atomic E-state index is 13.3. The predicted octanol–water partition coefficient (Wildman–Crippen LogP) is 3.68. The zero-order chi connectivity index (χ0) is 34.6. The minimum atomic E-state index is -5.63. The summed E-state index contributed by atoms with van der Waals surface area (Å²) in [6, 6.07) is 9.68. The molecule has 0 bridgehead atoms. The van der Waals surface area contributed by atoms with Crippen LogP contribution in [0, 0.1) is 13.8 Å². The lowest BCUT2D eigenvalue weighted by Gasteiger charge is -2.34. The summed E-state index contributed by atoms with van der Waals surface area (Å²) in [5.41, 5.74) is 1.78. The molecular weight excluding hydrogens is 653 g/mol. The van der Waals surface area contributed by atoms with Crippen LogP contribution in [0.3, 0.4) is 0 Å². The Labute approximate surface area is 269 Å². The van der Waals surface area contributed by atoms with Gasteiger partial charge < -0.3 is 25.0 Å². The largest absolute Gasteiger partial charge is 0.494 e. The molecule has 47 heavy (non-hydrogen) atoms. The number of aliphatic hydroxyl groups is 2. The fraction of sp³-hybridized carbons (Fsp3) is 0.548. The zero-order valence-corrected chi connectivity index (χ0v) is 26.8. The average molecular weight is 692 g/mol. The first-order valence-electron chi connectivity index (χ1n) is 15.1. The van der Waals surface area contributed by atoms with Crippen molar-refractivity contribution in [3.8, 4) is 11.5 Å². The van der Waals surface area contributed by atoms with E-state index < -0.39 is 53.2 Å². The molecule has 0 unspecified atom stereocenters. The SMILES string of the molecule is Cc1cc(OC[C@@H](O)CO)cc(C)c1CCS(=O)(=O)N1CCC2(CC1)N=C(c1cccc(OCCCC(F)(F)C(F)(F)F)c1)NC2=O. The number of nitrogens with one attached hydrogen (secondary N) is 1. The molecule has 1 atom stereocenters. The van der Waals surface area contributed by atoms with Crippen molar-refractivity contribution in [2.24, 2.45) is 4.99 Å². The van der Waals surface area contributed by atoms with Crippen molar-refractivity contribution in [3.05, 3.63) is 58.7 Å². The van der Waals surface area contributed by atoms with Gasteiger partial charge in [0.25, 0.3) is 5.91 Å². The van der Waals surface area contributed by atoms with Crippen LogP contribution in [0.5, 0.6) is 11.5 Å². The van der Waals surface area contributed by atoms with Crippen molar-refractivity contribution in [1.29, 1.82) is 0 Å². The van der Waals surface area contributed by atoms with Gasteiger partial charge in [-0.25, -0.2) is 12.7 Å². The standard InChI is InChI=1S/C31H38F5N3O7S/c1-20-15-25(46-19-23(41)18-40)16-21(2)26(20)7-14-47(43,44)39-11-9-29(10-12-39)28(42)37-27(38-29)22-5-3-6-24(17-22)45-13-4-8-30(32,33)31(34,35)36/h3,5-6,15-17,23,40-41H,4,7-14,18-19H2,1-2H3,(H,37,38,42)/t23-/m0/s1. The number of nitrogens with zero attached hydrogens (tertiary/aromatic N) is 2. The van der Waals surface area contributed by atoms with E-state index in [-0.39, 0.29) is 68.8 Å². The van der Waals surface area contributed by atoms with E-state index in [2.05, 4.69) is 10.3 Å². The Kier molecular flexibility index (Phi) is 11.2. The fourth-order valence-electron chi connectivity index (χ4n) is 5.52. The Balaban J connectivity index is 1.33. The number of aryl methyl sites for hydroxylation is 2. The van der Waals surface area contributed by atoms with Gasteiger partial charge in [0.1, 0.15) is 35.6 Å². The molecule has 4 rings (SSSR count). The van der Waals surface area contributed by atoms with Gasteiger partial charge in [-0.1, -0.05) is 12.1 Å². The molecule has 0 aliphatic carbocycles. The first-order valence-corrected chi connectivity index (χ1v) is 16.7. The number of aliphatic hydroxyl groups excluding tert-OH is 2. The van der Waals surface area contributed by atoms with Gasteiger partial charge in [-0.15, -0.1) is 0 Å². The molecular formula is C31H38F5N3O7S.